The van der Waals surface area contributed by atoms with Crippen molar-refractivity contribution < 1.29 is 13.9 Å². The Morgan fingerprint density at radius 3 is 2.76 bits per heavy atom. The molecule has 0 radical (unpaired) electrons. The highest BCUT2D eigenvalue weighted by Crippen LogP contribution is 2.28. The topological polar surface area (TPSA) is 90.6 Å². The van der Waals surface area contributed by atoms with Crippen LogP contribution in [-0.2, 0) is 4.74 Å². The molecule has 3 aromatic rings. The Balaban J connectivity index is 1.48. The minimum atomic E-state index is -0.867. The standard InChI is InChI=1S/C24H26FN5O3/c1-15-10-22(31)28-21-3-2-17(11-19(15)21)27-24(32)20-12-18(30-5-4-16(25)14-30)13-26-23(20)29-6-8-33-9-7-29/h2-3,10-13,16H,4-9,14H2,1H3,(H,27,32)(H,28,31)/t16-/m0/s1. The molecule has 2 saturated heterocycles. The lowest BCUT2D eigenvalue weighted by Crippen LogP contribution is -2.38. The molecule has 0 unspecified atom stereocenters. The number of nitrogens with zero attached hydrogens (tertiary/aromatic N) is 3. The average molecular weight is 452 g/mol. The summed E-state index contributed by atoms with van der Waals surface area (Å²) >= 11 is 0. The monoisotopic (exact) mass is 451 g/mol. The molecule has 5 rings (SSSR count). The molecular formula is C24H26FN5O3. The number of anilines is 3. The fourth-order valence-electron chi connectivity index (χ4n) is 4.46. The Morgan fingerprint density at radius 1 is 1.18 bits per heavy atom. The molecule has 2 aliphatic heterocycles. The number of pyridine rings is 2. The number of aromatic amines is 1. The number of alkyl halides is 1. The smallest absolute Gasteiger partial charge is 0.259 e. The lowest BCUT2D eigenvalue weighted by atomic mass is 10.1. The van der Waals surface area contributed by atoms with Crippen LogP contribution in [-0.4, -0.2) is 61.4 Å². The maximum Gasteiger partial charge on any atom is 0.259 e. The first kappa shape index (κ1) is 21.4. The first-order valence-electron chi connectivity index (χ1n) is 11.1. The first-order chi connectivity index (χ1) is 16.0. The molecule has 8 nitrogen and oxygen atoms in total. The van der Waals surface area contributed by atoms with Crippen molar-refractivity contribution >= 4 is 34.0 Å². The van der Waals surface area contributed by atoms with E-state index in [0.29, 0.717) is 68.4 Å². The van der Waals surface area contributed by atoms with Crippen molar-refractivity contribution in [3.63, 3.8) is 0 Å². The van der Waals surface area contributed by atoms with Crippen LogP contribution < -0.4 is 20.7 Å². The summed E-state index contributed by atoms with van der Waals surface area (Å²) in [4.78, 5) is 36.5. The van der Waals surface area contributed by atoms with Crippen molar-refractivity contribution in [1.82, 2.24) is 9.97 Å². The van der Waals surface area contributed by atoms with Gasteiger partial charge in [0.1, 0.15) is 12.0 Å². The third-order valence-corrected chi connectivity index (χ3v) is 6.21. The van der Waals surface area contributed by atoms with Gasteiger partial charge < -0.3 is 24.8 Å². The van der Waals surface area contributed by atoms with E-state index in [4.69, 9.17) is 4.74 Å². The fraction of sp³-hybridized carbons (Fsp3) is 0.375. The number of halogens is 1. The van der Waals surface area contributed by atoms with Crippen molar-refractivity contribution in [3.05, 3.63) is 58.0 Å². The van der Waals surface area contributed by atoms with Crippen LogP contribution in [0.25, 0.3) is 10.9 Å². The highest BCUT2D eigenvalue weighted by Gasteiger charge is 2.26. The van der Waals surface area contributed by atoms with E-state index in [-0.39, 0.29) is 11.5 Å². The number of hydrogen-bond donors (Lipinski definition) is 2. The molecule has 0 aliphatic carbocycles. The Hall–Kier alpha value is -3.46. The summed E-state index contributed by atoms with van der Waals surface area (Å²) in [6, 6.07) is 8.72. The molecule has 33 heavy (non-hydrogen) atoms. The molecule has 4 heterocycles. The number of ether oxygens (including phenoxy) is 1. The van der Waals surface area contributed by atoms with E-state index in [9.17, 15) is 14.0 Å². The number of morpholine rings is 1. The average Bonchev–Trinajstić information content (AvgIpc) is 3.26. The third-order valence-electron chi connectivity index (χ3n) is 6.21. The van der Waals surface area contributed by atoms with Gasteiger partial charge in [0.2, 0.25) is 5.56 Å². The maximum atomic E-state index is 13.8. The molecule has 0 bridgehead atoms. The number of rotatable bonds is 4. The zero-order chi connectivity index (χ0) is 22.9. The molecule has 2 N–H and O–H groups in total. The SMILES string of the molecule is Cc1cc(=O)[nH]c2ccc(NC(=O)c3cc(N4CC[C@H](F)C4)cnc3N3CCOCC3)cc12. The molecule has 2 fully saturated rings. The van der Waals surface area contributed by atoms with Crippen LogP contribution in [0.4, 0.5) is 21.6 Å². The largest absolute Gasteiger partial charge is 0.378 e. The van der Waals surface area contributed by atoms with E-state index in [1.807, 2.05) is 22.8 Å². The normalized spacial score (nSPS) is 18.7. The van der Waals surface area contributed by atoms with Crippen molar-refractivity contribution in [3.8, 4) is 0 Å². The molecule has 2 aromatic heterocycles. The van der Waals surface area contributed by atoms with Gasteiger partial charge in [-0.25, -0.2) is 9.37 Å². The molecule has 9 heteroatoms. The second-order valence-electron chi connectivity index (χ2n) is 8.53. The minimum absolute atomic E-state index is 0.160. The highest BCUT2D eigenvalue weighted by atomic mass is 19.1. The van der Waals surface area contributed by atoms with Gasteiger partial charge in [-0.15, -0.1) is 0 Å². The van der Waals surface area contributed by atoms with Gasteiger partial charge in [-0.3, -0.25) is 9.59 Å². The van der Waals surface area contributed by atoms with Gasteiger partial charge in [-0.05, 0) is 43.2 Å². The molecule has 1 atom stereocenters. The van der Waals surface area contributed by atoms with Crippen LogP contribution in [0.5, 0.6) is 0 Å². The van der Waals surface area contributed by atoms with Crippen LogP contribution in [0.15, 0.2) is 41.3 Å². The number of aromatic nitrogens is 2. The highest BCUT2D eigenvalue weighted by molar-refractivity contribution is 6.08. The van der Waals surface area contributed by atoms with Gasteiger partial charge in [0.05, 0.1) is 30.7 Å². The number of carbonyl (C=O) groups is 1. The van der Waals surface area contributed by atoms with Crippen molar-refractivity contribution in [2.24, 2.45) is 0 Å². The van der Waals surface area contributed by atoms with E-state index in [1.165, 1.54) is 6.07 Å². The summed E-state index contributed by atoms with van der Waals surface area (Å²) in [6.45, 7) is 5.20. The van der Waals surface area contributed by atoms with E-state index in [0.717, 1.165) is 16.6 Å². The summed E-state index contributed by atoms with van der Waals surface area (Å²) in [5, 5.41) is 3.84. The van der Waals surface area contributed by atoms with Gasteiger partial charge in [-0.1, -0.05) is 0 Å². The van der Waals surface area contributed by atoms with Gasteiger partial charge in [0.15, 0.2) is 0 Å². The predicted molar refractivity (Wildman–Crippen MR) is 126 cm³/mol. The van der Waals surface area contributed by atoms with Gasteiger partial charge >= 0.3 is 0 Å². The zero-order valence-electron chi connectivity index (χ0n) is 18.4. The molecule has 172 valence electrons. The molecule has 0 saturated carbocycles. The lowest BCUT2D eigenvalue weighted by molar-refractivity contribution is 0.102. The summed E-state index contributed by atoms with van der Waals surface area (Å²) in [7, 11) is 0. The molecule has 0 spiro atoms. The summed E-state index contributed by atoms with van der Waals surface area (Å²) in [6.07, 6.45) is 1.33. The second kappa shape index (κ2) is 8.82. The van der Waals surface area contributed by atoms with Gasteiger partial charge in [0, 0.05) is 48.8 Å². The Morgan fingerprint density at radius 2 is 2.00 bits per heavy atom. The van der Waals surface area contributed by atoms with E-state index in [2.05, 4.69) is 15.3 Å². The van der Waals surface area contributed by atoms with E-state index in [1.54, 1.807) is 24.4 Å². The van der Waals surface area contributed by atoms with Crippen LogP contribution in [0.2, 0.25) is 0 Å². The fourth-order valence-corrected chi connectivity index (χ4v) is 4.46. The van der Waals surface area contributed by atoms with Gasteiger partial charge in [-0.2, -0.15) is 0 Å². The predicted octanol–water partition coefficient (Wildman–Crippen LogP) is 2.87. The van der Waals surface area contributed by atoms with E-state index >= 15 is 0 Å². The molecule has 1 amide bonds. The Kier molecular flexibility index (Phi) is 5.72. The number of hydrogen-bond acceptors (Lipinski definition) is 6. The molecule has 2 aliphatic rings. The Labute approximate surface area is 190 Å². The van der Waals surface area contributed by atoms with Crippen LogP contribution in [0.1, 0.15) is 22.3 Å². The third kappa shape index (κ3) is 4.41. The summed E-state index contributed by atoms with van der Waals surface area (Å²) in [5.41, 5.74) is 3.18. The van der Waals surface area contributed by atoms with Crippen molar-refractivity contribution in [1.29, 1.82) is 0 Å². The van der Waals surface area contributed by atoms with E-state index < -0.39 is 6.17 Å². The molecule has 1 aromatic carbocycles. The van der Waals surface area contributed by atoms with Crippen molar-refractivity contribution in [2.45, 2.75) is 19.5 Å². The number of aryl methyl sites for hydroxylation is 1. The number of nitrogens with one attached hydrogen (secondary N) is 2. The van der Waals surface area contributed by atoms with Gasteiger partial charge in [0.25, 0.3) is 5.91 Å². The number of H-pyrrole nitrogens is 1. The first-order valence-corrected chi connectivity index (χ1v) is 11.1. The number of amides is 1. The van der Waals surface area contributed by atoms with Crippen LogP contribution in [0, 0.1) is 6.92 Å². The number of carbonyl (C=O) groups excluding carboxylic acids is 1. The second-order valence-corrected chi connectivity index (χ2v) is 8.53. The zero-order valence-corrected chi connectivity index (χ0v) is 18.4. The summed E-state index contributed by atoms with van der Waals surface area (Å²) < 4.78 is 19.2. The minimum Gasteiger partial charge on any atom is -0.378 e. The van der Waals surface area contributed by atoms with Crippen LogP contribution >= 0.6 is 0 Å². The Bertz CT molecular complexity index is 1250. The van der Waals surface area contributed by atoms with Crippen molar-refractivity contribution in [2.75, 3.05) is 54.5 Å². The summed E-state index contributed by atoms with van der Waals surface area (Å²) in [5.74, 6) is 0.306. The lowest BCUT2D eigenvalue weighted by Gasteiger charge is -2.30. The maximum absolute atomic E-state index is 13.8. The quantitative estimate of drug-likeness (QED) is 0.634. The molecular weight excluding hydrogens is 425 g/mol. The van der Waals surface area contributed by atoms with Crippen LogP contribution in [0.3, 0.4) is 0 Å². The number of fused-ring (bicyclic) bond motifs is 1. The number of benzene rings is 1.